The molecule has 2 N–H and O–H groups in total. The first-order chi connectivity index (χ1) is 3.13. The third kappa shape index (κ3) is 22.6. The van der Waals surface area contributed by atoms with Gasteiger partial charge in [-0.05, 0) is 0 Å². The SMILES string of the molecule is CC(=O)OC(C)=O.O.[CaH2].[CaH2]. The predicted molar refractivity (Wildman–Crippen MR) is 43.1 cm³/mol. The van der Waals surface area contributed by atoms with Gasteiger partial charge in [0.25, 0.3) is 0 Å². The van der Waals surface area contributed by atoms with E-state index >= 15 is 0 Å². The Morgan fingerprint density at radius 3 is 1.20 bits per heavy atom. The average molecular weight is 204 g/mol. The molecule has 0 spiro atoms. The van der Waals surface area contributed by atoms with Crippen LogP contribution in [0.1, 0.15) is 13.8 Å². The van der Waals surface area contributed by atoms with Crippen LogP contribution in [-0.4, -0.2) is 92.9 Å². The van der Waals surface area contributed by atoms with E-state index in [2.05, 4.69) is 4.74 Å². The molecule has 0 aliphatic carbocycles. The van der Waals surface area contributed by atoms with Gasteiger partial charge in [0, 0.05) is 13.8 Å². The Hall–Kier alpha value is 1.62. The fourth-order valence-electron chi connectivity index (χ4n) is 0.202. The second kappa shape index (κ2) is 13.2. The van der Waals surface area contributed by atoms with Crippen LogP contribution in [0.5, 0.6) is 0 Å². The number of esters is 2. The first-order valence-electron chi connectivity index (χ1n) is 1.82. The molecule has 0 radical (unpaired) electrons. The first kappa shape index (κ1) is 22.6. The fourth-order valence-corrected chi connectivity index (χ4v) is 0.202. The van der Waals surface area contributed by atoms with Crippen LogP contribution in [0.25, 0.3) is 0 Å². The molecule has 0 heterocycles. The standard InChI is InChI=1S/C4H6O3.2Ca.H2O.4H/c1-3(5)7-4(2)6;;;;;;;/h1-2H3;;;1H2;;;;. The summed E-state index contributed by atoms with van der Waals surface area (Å²) in [5, 5.41) is 0. The molecule has 0 unspecified atom stereocenters. The second-order valence-corrected chi connectivity index (χ2v) is 1.09. The Balaban J connectivity index is -0.0000000600. The van der Waals surface area contributed by atoms with Crippen molar-refractivity contribution in [3.05, 3.63) is 0 Å². The van der Waals surface area contributed by atoms with E-state index < -0.39 is 11.9 Å². The zero-order valence-electron chi connectivity index (χ0n) is 4.72. The van der Waals surface area contributed by atoms with E-state index in [1.165, 1.54) is 13.8 Å². The van der Waals surface area contributed by atoms with E-state index in [9.17, 15) is 9.59 Å². The molecule has 0 aromatic carbocycles. The van der Waals surface area contributed by atoms with Crippen molar-refractivity contribution in [1.29, 1.82) is 0 Å². The summed E-state index contributed by atoms with van der Waals surface area (Å²) in [6.45, 7) is 2.36. The molecule has 0 amide bonds. The average Bonchev–Trinajstić information content (AvgIpc) is 1.27. The van der Waals surface area contributed by atoms with E-state index in [0.29, 0.717) is 0 Å². The topological polar surface area (TPSA) is 74.9 Å². The van der Waals surface area contributed by atoms with Crippen molar-refractivity contribution in [2.75, 3.05) is 0 Å². The molecule has 0 bridgehead atoms. The summed E-state index contributed by atoms with van der Waals surface area (Å²) in [6, 6.07) is 0. The Morgan fingerprint density at radius 1 is 1.00 bits per heavy atom. The molecule has 0 fully saturated rings. The van der Waals surface area contributed by atoms with Crippen molar-refractivity contribution >= 4 is 87.4 Å². The van der Waals surface area contributed by atoms with Crippen LogP contribution in [-0.2, 0) is 14.3 Å². The molecule has 10 heavy (non-hydrogen) atoms. The zero-order valence-corrected chi connectivity index (χ0v) is 4.72. The van der Waals surface area contributed by atoms with E-state index in [-0.39, 0.29) is 81.0 Å². The summed E-state index contributed by atoms with van der Waals surface area (Å²) in [6.07, 6.45) is 0. The number of rotatable bonds is 0. The number of ether oxygens (including phenoxy) is 1. The van der Waals surface area contributed by atoms with Gasteiger partial charge in [-0.2, -0.15) is 0 Å². The molecular weight excluding hydrogens is 192 g/mol. The van der Waals surface area contributed by atoms with Crippen LogP contribution in [0, 0.1) is 0 Å². The Morgan fingerprint density at radius 2 is 1.20 bits per heavy atom. The van der Waals surface area contributed by atoms with Crippen LogP contribution < -0.4 is 0 Å². The Labute approximate surface area is 119 Å². The summed E-state index contributed by atoms with van der Waals surface area (Å²) in [7, 11) is 0. The van der Waals surface area contributed by atoms with Gasteiger partial charge in [-0.25, -0.2) is 0 Å². The van der Waals surface area contributed by atoms with Crippen molar-refractivity contribution in [3.8, 4) is 0 Å². The molecular formula is C4H12Ca2O4. The van der Waals surface area contributed by atoms with E-state index in [4.69, 9.17) is 0 Å². The normalized spacial score (nSPS) is 5.40. The summed E-state index contributed by atoms with van der Waals surface area (Å²) in [5.74, 6) is -1.12. The minimum absolute atomic E-state index is 0. The molecule has 0 aliphatic rings. The van der Waals surface area contributed by atoms with Crippen molar-refractivity contribution in [2.45, 2.75) is 13.8 Å². The van der Waals surface area contributed by atoms with Gasteiger partial charge >= 0.3 is 87.4 Å². The van der Waals surface area contributed by atoms with Gasteiger partial charge in [-0.1, -0.05) is 0 Å². The number of hydrogen-bond donors (Lipinski definition) is 0. The maximum absolute atomic E-state index is 9.81. The number of carbonyl (C=O) groups is 2. The van der Waals surface area contributed by atoms with Crippen molar-refractivity contribution in [3.63, 3.8) is 0 Å². The molecule has 0 aliphatic heterocycles. The van der Waals surface area contributed by atoms with Gasteiger partial charge < -0.3 is 10.2 Å². The molecule has 0 atom stereocenters. The molecule has 0 aromatic heterocycles. The maximum atomic E-state index is 9.81. The predicted octanol–water partition coefficient (Wildman–Crippen LogP) is -2.56. The monoisotopic (exact) mass is 204 g/mol. The van der Waals surface area contributed by atoms with Crippen molar-refractivity contribution < 1.29 is 19.8 Å². The van der Waals surface area contributed by atoms with Crippen LogP contribution in [0.2, 0.25) is 0 Å². The van der Waals surface area contributed by atoms with Gasteiger partial charge in [-0.15, -0.1) is 0 Å². The molecule has 0 aromatic rings. The summed E-state index contributed by atoms with van der Waals surface area (Å²) >= 11 is 0. The summed E-state index contributed by atoms with van der Waals surface area (Å²) in [4.78, 5) is 19.6. The molecule has 6 heteroatoms. The van der Waals surface area contributed by atoms with E-state index in [1.54, 1.807) is 0 Å². The molecule has 4 nitrogen and oxygen atoms in total. The van der Waals surface area contributed by atoms with Crippen LogP contribution >= 0.6 is 0 Å². The fraction of sp³-hybridized carbons (Fsp3) is 0.500. The van der Waals surface area contributed by atoms with Crippen molar-refractivity contribution in [1.82, 2.24) is 0 Å². The number of carbonyl (C=O) groups excluding carboxylic acids is 2. The molecule has 56 valence electrons. The van der Waals surface area contributed by atoms with Crippen LogP contribution in [0.4, 0.5) is 0 Å². The minimum atomic E-state index is -0.562. The zero-order chi connectivity index (χ0) is 5.86. The van der Waals surface area contributed by atoms with Crippen LogP contribution in [0.3, 0.4) is 0 Å². The quantitative estimate of drug-likeness (QED) is 0.247. The third-order valence-corrected chi connectivity index (χ3v) is 0.287. The molecule has 0 saturated carbocycles. The summed E-state index contributed by atoms with van der Waals surface area (Å²) in [5.41, 5.74) is 0. The van der Waals surface area contributed by atoms with E-state index in [1.807, 2.05) is 0 Å². The third-order valence-electron chi connectivity index (χ3n) is 0.287. The Kier molecular flexibility index (Phi) is 29.9. The van der Waals surface area contributed by atoms with Crippen molar-refractivity contribution in [2.24, 2.45) is 0 Å². The van der Waals surface area contributed by atoms with Crippen LogP contribution in [0.15, 0.2) is 0 Å². The molecule has 0 rings (SSSR count). The second-order valence-electron chi connectivity index (χ2n) is 1.09. The van der Waals surface area contributed by atoms with Gasteiger partial charge in [0.15, 0.2) is 0 Å². The summed E-state index contributed by atoms with van der Waals surface area (Å²) < 4.78 is 3.97. The first-order valence-corrected chi connectivity index (χ1v) is 1.82. The number of hydrogen-bond acceptors (Lipinski definition) is 3. The van der Waals surface area contributed by atoms with Gasteiger partial charge in [0.2, 0.25) is 0 Å². The van der Waals surface area contributed by atoms with Gasteiger partial charge in [-0.3, -0.25) is 9.59 Å². The van der Waals surface area contributed by atoms with Gasteiger partial charge in [0.05, 0.1) is 0 Å². The van der Waals surface area contributed by atoms with Gasteiger partial charge in [0.1, 0.15) is 0 Å². The molecule has 0 saturated heterocycles. The van der Waals surface area contributed by atoms with E-state index in [0.717, 1.165) is 0 Å². The Bertz CT molecular complexity index is 91.4.